The summed E-state index contributed by atoms with van der Waals surface area (Å²) in [6.45, 7) is 5.03. The maximum absolute atomic E-state index is 13.6. The van der Waals surface area contributed by atoms with E-state index in [2.05, 4.69) is 44.8 Å². The molecule has 0 radical (unpaired) electrons. The van der Waals surface area contributed by atoms with Gasteiger partial charge in [0.2, 0.25) is 11.8 Å². The quantitative estimate of drug-likeness (QED) is 0.178. The second-order valence-corrected chi connectivity index (χ2v) is 13.5. The van der Waals surface area contributed by atoms with Gasteiger partial charge in [-0.2, -0.15) is 0 Å². The van der Waals surface area contributed by atoms with Gasteiger partial charge in [-0.05, 0) is 85.3 Å². The zero-order valence-corrected chi connectivity index (χ0v) is 29.5. The summed E-state index contributed by atoms with van der Waals surface area (Å²) >= 11 is 0. The van der Waals surface area contributed by atoms with E-state index in [1.807, 2.05) is 36.4 Å². The van der Waals surface area contributed by atoms with Gasteiger partial charge in [0.25, 0.3) is 11.8 Å². The van der Waals surface area contributed by atoms with E-state index in [9.17, 15) is 24.0 Å². The van der Waals surface area contributed by atoms with Crippen LogP contribution in [-0.4, -0.2) is 68.5 Å². The minimum Gasteiger partial charge on any atom is -0.494 e. The summed E-state index contributed by atoms with van der Waals surface area (Å²) in [5.74, 6) is -0.799. The third-order valence-electron chi connectivity index (χ3n) is 9.88. The number of rotatable bonds is 8. The minimum absolute atomic E-state index is 0.0178. The van der Waals surface area contributed by atoms with Gasteiger partial charge in [0.05, 0.1) is 29.5 Å². The smallest absolute Gasteiger partial charge is 0.262 e. The van der Waals surface area contributed by atoms with Crippen molar-refractivity contribution in [2.24, 2.45) is 0 Å². The first kappa shape index (κ1) is 35.5. The molecule has 3 atom stereocenters. The number of aromatic nitrogens is 2. The molecular weight excluding hydrogens is 676 g/mol. The largest absolute Gasteiger partial charge is 0.494 e. The zero-order chi connectivity index (χ0) is 37.1. The summed E-state index contributed by atoms with van der Waals surface area (Å²) in [4.78, 5) is 72.4. The van der Waals surface area contributed by atoms with Crippen molar-refractivity contribution in [3.63, 3.8) is 0 Å². The first-order valence-corrected chi connectivity index (χ1v) is 17.8. The number of fused-ring (bicyclic) bond motifs is 11. The first-order valence-electron chi connectivity index (χ1n) is 17.8. The molecule has 2 N–H and O–H groups in total. The molecule has 1 aromatic heterocycles. The Morgan fingerprint density at radius 1 is 0.925 bits per heavy atom. The maximum Gasteiger partial charge on any atom is 0.262 e. The van der Waals surface area contributed by atoms with E-state index in [-0.39, 0.29) is 54.1 Å². The van der Waals surface area contributed by atoms with Gasteiger partial charge in [-0.1, -0.05) is 31.2 Å². The number of hydrazine groups is 1. The van der Waals surface area contributed by atoms with Gasteiger partial charge in [0, 0.05) is 37.7 Å². The van der Waals surface area contributed by atoms with Gasteiger partial charge >= 0.3 is 0 Å². The molecule has 53 heavy (non-hydrogen) atoms. The standard InChI is InChI=1S/C40H40N6O7/c1-24-26-6-11-30(12-7-26)52-21-5-3-4-20-45(36(24)27-8-13-31(14-9-27)53-23-29-18-19-41-37(42-29)25(2)47)44-28-10-15-32-33(22-28)40(51)46(39(32)50)34-16-17-35(48)43-38(34)49/h6-15,18-19,22,24,34,36,44H,3-5,16-17,20-21,23H2,1-2H3,(H,43,48,49). The van der Waals surface area contributed by atoms with Crippen LogP contribution in [0.5, 0.6) is 11.5 Å². The molecule has 272 valence electrons. The van der Waals surface area contributed by atoms with E-state index < -0.39 is 29.7 Å². The number of benzene rings is 3. The highest BCUT2D eigenvalue weighted by Crippen LogP contribution is 2.38. The molecule has 13 heteroatoms. The van der Waals surface area contributed by atoms with Crippen molar-refractivity contribution in [1.29, 1.82) is 0 Å². The van der Waals surface area contributed by atoms with Crippen molar-refractivity contribution in [1.82, 2.24) is 25.2 Å². The summed E-state index contributed by atoms with van der Waals surface area (Å²) in [5, 5.41) is 4.42. The van der Waals surface area contributed by atoms with E-state index in [4.69, 9.17) is 9.47 Å². The lowest BCUT2D eigenvalue weighted by Crippen LogP contribution is -2.54. The van der Waals surface area contributed by atoms with E-state index in [1.165, 1.54) is 6.92 Å². The molecule has 0 aliphatic carbocycles. The monoisotopic (exact) mass is 716 g/mol. The van der Waals surface area contributed by atoms with Crippen LogP contribution in [0.3, 0.4) is 0 Å². The Bertz CT molecular complexity index is 2050. The fourth-order valence-corrected chi connectivity index (χ4v) is 7.07. The Morgan fingerprint density at radius 3 is 2.43 bits per heavy atom. The molecule has 1 fully saturated rings. The van der Waals surface area contributed by atoms with Crippen molar-refractivity contribution in [3.05, 3.63) is 113 Å². The SMILES string of the molecule is CC(=O)c1nccc(COc2ccc(C3C(C)c4ccc(cc4)OCCCCCN3Nc3ccc4c(c3)C(=O)N(C3CCC(=O)NC3=O)C4=O)cc2)n1. The molecule has 1 saturated heterocycles. The lowest BCUT2D eigenvalue weighted by molar-refractivity contribution is -0.136. The molecule has 0 spiro atoms. The molecule has 8 rings (SSSR count). The molecule has 0 saturated carbocycles. The number of anilines is 1. The van der Waals surface area contributed by atoms with Crippen LogP contribution in [0.4, 0.5) is 5.69 Å². The van der Waals surface area contributed by atoms with Gasteiger partial charge in [-0.25, -0.2) is 15.0 Å². The van der Waals surface area contributed by atoms with E-state index in [0.717, 1.165) is 41.0 Å². The average Bonchev–Trinajstić information content (AvgIpc) is 3.41. The van der Waals surface area contributed by atoms with Crippen LogP contribution in [0.15, 0.2) is 79.0 Å². The van der Waals surface area contributed by atoms with E-state index in [0.29, 0.717) is 30.3 Å². The van der Waals surface area contributed by atoms with Gasteiger partial charge in [0.1, 0.15) is 24.1 Å². The van der Waals surface area contributed by atoms with Crippen LogP contribution in [0, 0.1) is 0 Å². The van der Waals surface area contributed by atoms with Gasteiger partial charge < -0.3 is 14.9 Å². The topological polar surface area (TPSA) is 160 Å². The molecule has 3 aromatic carbocycles. The van der Waals surface area contributed by atoms with Crippen LogP contribution < -0.4 is 20.2 Å². The summed E-state index contributed by atoms with van der Waals surface area (Å²) in [6, 6.07) is 21.6. The Labute approximate surface area is 306 Å². The minimum atomic E-state index is -1.04. The number of nitrogens with zero attached hydrogens (tertiary/aromatic N) is 4. The lowest BCUT2D eigenvalue weighted by atomic mass is 9.87. The van der Waals surface area contributed by atoms with Crippen LogP contribution in [0.2, 0.25) is 0 Å². The third kappa shape index (κ3) is 7.65. The normalized spacial score (nSPS) is 20.8. The molecule has 5 heterocycles. The molecule has 4 aliphatic heterocycles. The van der Waals surface area contributed by atoms with Crippen molar-refractivity contribution in [2.45, 2.75) is 70.6 Å². The Morgan fingerprint density at radius 2 is 1.68 bits per heavy atom. The maximum atomic E-state index is 13.6. The Hall–Kier alpha value is -5.95. The Balaban J connectivity index is 1.17. The number of ketones is 1. The highest BCUT2D eigenvalue weighted by atomic mass is 16.5. The number of ether oxygens (including phenoxy) is 2. The second kappa shape index (κ2) is 15.3. The number of piperidine rings is 1. The number of nitrogens with one attached hydrogen (secondary N) is 2. The van der Waals surface area contributed by atoms with Crippen LogP contribution in [-0.2, 0) is 16.2 Å². The van der Waals surface area contributed by atoms with Gasteiger partial charge in [-0.3, -0.25) is 34.2 Å². The van der Waals surface area contributed by atoms with Crippen molar-refractivity contribution in [2.75, 3.05) is 18.6 Å². The van der Waals surface area contributed by atoms with Crippen molar-refractivity contribution in [3.8, 4) is 11.5 Å². The summed E-state index contributed by atoms with van der Waals surface area (Å²) in [6.07, 6.45) is 4.35. The van der Waals surface area contributed by atoms with Crippen molar-refractivity contribution >= 4 is 35.1 Å². The highest BCUT2D eigenvalue weighted by molar-refractivity contribution is 6.23. The zero-order valence-electron chi connectivity index (χ0n) is 29.5. The van der Waals surface area contributed by atoms with Gasteiger partial charge in [-0.15, -0.1) is 0 Å². The molecule has 4 amide bonds. The predicted molar refractivity (Wildman–Crippen MR) is 193 cm³/mol. The summed E-state index contributed by atoms with van der Waals surface area (Å²) in [7, 11) is 0. The molecule has 2 bridgehead atoms. The summed E-state index contributed by atoms with van der Waals surface area (Å²) < 4.78 is 12.0. The Kier molecular flexibility index (Phi) is 10.3. The lowest BCUT2D eigenvalue weighted by Gasteiger charge is -2.37. The van der Waals surface area contributed by atoms with Crippen LogP contribution in [0.1, 0.15) is 106 Å². The van der Waals surface area contributed by atoms with Crippen LogP contribution >= 0.6 is 0 Å². The number of amides is 4. The van der Waals surface area contributed by atoms with Crippen molar-refractivity contribution < 1.29 is 33.4 Å². The fourth-order valence-electron chi connectivity index (χ4n) is 7.07. The number of carbonyl (C=O) groups is 5. The molecule has 13 nitrogen and oxygen atoms in total. The molecule has 3 unspecified atom stereocenters. The number of hydrogen-bond donors (Lipinski definition) is 2. The van der Waals surface area contributed by atoms with E-state index >= 15 is 0 Å². The summed E-state index contributed by atoms with van der Waals surface area (Å²) in [5.41, 5.74) is 7.34. The average molecular weight is 717 g/mol. The predicted octanol–water partition coefficient (Wildman–Crippen LogP) is 5.40. The number of carbonyl (C=O) groups excluding carboxylic acids is 5. The van der Waals surface area contributed by atoms with E-state index in [1.54, 1.807) is 30.5 Å². The number of imide groups is 2. The molecule has 4 aliphatic rings. The highest BCUT2D eigenvalue weighted by Gasteiger charge is 2.44. The van der Waals surface area contributed by atoms with Crippen LogP contribution in [0.25, 0.3) is 0 Å². The number of hydrogen-bond acceptors (Lipinski definition) is 11. The fraction of sp³-hybridized carbons (Fsp3) is 0.325. The molecular formula is C40H40N6O7. The van der Waals surface area contributed by atoms with Gasteiger partial charge in [0.15, 0.2) is 11.6 Å². The molecule has 4 aromatic rings. The third-order valence-corrected chi connectivity index (χ3v) is 9.88. The number of Topliss-reactive ketones (excluding diaryl/α,β-unsaturated/α-hetero) is 1. The first-order chi connectivity index (χ1) is 25.7. The second-order valence-electron chi connectivity index (χ2n) is 13.5.